The van der Waals surface area contributed by atoms with E-state index < -0.39 is 11.7 Å². The van der Waals surface area contributed by atoms with Gasteiger partial charge in [-0.05, 0) is 42.3 Å². The van der Waals surface area contributed by atoms with E-state index in [9.17, 15) is 14.0 Å². The second kappa shape index (κ2) is 8.95. The Labute approximate surface area is 163 Å². The molecule has 142 valence electrons. The van der Waals surface area contributed by atoms with Crippen LogP contribution >= 0.6 is 0 Å². The number of carbonyl (C=O) groups is 2. The fraction of sp³-hybridized carbons (Fsp3) is 0.130. The molecule has 0 radical (unpaired) electrons. The molecule has 0 aromatic heterocycles. The zero-order valence-corrected chi connectivity index (χ0v) is 15.5. The molecule has 2 N–H and O–H groups in total. The van der Waals surface area contributed by atoms with Gasteiger partial charge in [0, 0.05) is 5.56 Å². The van der Waals surface area contributed by atoms with Crippen LogP contribution in [0, 0.1) is 12.7 Å². The summed E-state index contributed by atoms with van der Waals surface area (Å²) in [6, 6.07) is 22.4. The molecular formula is C23H21FN2O2. The first-order valence-corrected chi connectivity index (χ1v) is 8.97. The van der Waals surface area contributed by atoms with E-state index in [1.54, 1.807) is 0 Å². The third-order valence-corrected chi connectivity index (χ3v) is 4.33. The lowest BCUT2D eigenvalue weighted by molar-refractivity contribution is -0.120. The van der Waals surface area contributed by atoms with Crippen molar-refractivity contribution in [2.24, 2.45) is 0 Å². The first kappa shape index (κ1) is 19.3. The number of hydrogen-bond donors (Lipinski definition) is 2. The maximum absolute atomic E-state index is 13.0. The molecule has 3 rings (SSSR count). The van der Waals surface area contributed by atoms with Crippen molar-refractivity contribution in [3.8, 4) is 0 Å². The monoisotopic (exact) mass is 376 g/mol. The summed E-state index contributed by atoms with van der Waals surface area (Å²) >= 11 is 0. The highest BCUT2D eigenvalue weighted by Gasteiger charge is 2.17. The van der Waals surface area contributed by atoms with Crippen molar-refractivity contribution in [3.05, 3.63) is 107 Å². The summed E-state index contributed by atoms with van der Waals surface area (Å²) in [7, 11) is 0. The summed E-state index contributed by atoms with van der Waals surface area (Å²) in [6.45, 7) is 1.82. The van der Waals surface area contributed by atoms with Crippen LogP contribution in [0.5, 0.6) is 0 Å². The van der Waals surface area contributed by atoms with Crippen LogP contribution in [-0.2, 0) is 4.79 Å². The Hall–Kier alpha value is -3.47. The van der Waals surface area contributed by atoms with Gasteiger partial charge in [0.05, 0.1) is 12.6 Å². The van der Waals surface area contributed by atoms with Gasteiger partial charge in [0.15, 0.2) is 0 Å². The van der Waals surface area contributed by atoms with Crippen LogP contribution in [0.1, 0.15) is 33.1 Å². The lowest BCUT2D eigenvalue weighted by Crippen LogP contribution is -2.39. The lowest BCUT2D eigenvalue weighted by Gasteiger charge is -2.20. The van der Waals surface area contributed by atoms with Gasteiger partial charge in [-0.3, -0.25) is 9.59 Å². The van der Waals surface area contributed by atoms with Crippen molar-refractivity contribution in [1.82, 2.24) is 10.6 Å². The Morgan fingerprint density at radius 2 is 1.57 bits per heavy atom. The second-order valence-electron chi connectivity index (χ2n) is 6.51. The van der Waals surface area contributed by atoms with Gasteiger partial charge < -0.3 is 10.6 Å². The number of benzene rings is 3. The average molecular weight is 376 g/mol. The highest BCUT2D eigenvalue weighted by molar-refractivity contribution is 5.96. The Kier molecular flexibility index (Phi) is 6.17. The number of nitrogens with one attached hydrogen (secondary N) is 2. The fourth-order valence-corrected chi connectivity index (χ4v) is 2.93. The number of amides is 2. The topological polar surface area (TPSA) is 58.2 Å². The summed E-state index contributed by atoms with van der Waals surface area (Å²) < 4.78 is 13.0. The van der Waals surface area contributed by atoms with Crippen molar-refractivity contribution in [1.29, 1.82) is 0 Å². The molecule has 2 amide bonds. The second-order valence-corrected chi connectivity index (χ2v) is 6.51. The van der Waals surface area contributed by atoms with Crippen LogP contribution in [0.25, 0.3) is 0 Å². The van der Waals surface area contributed by atoms with Gasteiger partial charge in [0.2, 0.25) is 5.91 Å². The molecule has 3 aromatic rings. The molecule has 0 aliphatic carbocycles. The van der Waals surface area contributed by atoms with Crippen LogP contribution in [0.4, 0.5) is 4.39 Å². The number of halogens is 1. The molecule has 5 heteroatoms. The molecule has 0 aliphatic heterocycles. The first-order chi connectivity index (χ1) is 13.5. The molecule has 4 nitrogen and oxygen atoms in total. The van der Waals surface area contributed by atoms with Crippen LogP contribution in [0.15, 0.2) is 78.9 Å². The third kappa shape index (κ3) is 5.04. The van der Waals surface area contributed by atoms with E-state index in [0.717, 1.165) is 16.7 Å². The van der Waals surface area contributed by atoms with E-state index >= 15 is 0 Å². The zero-order chi connectivity index (χ0) is 19.9. The summed E-state index contributed by atoms with van der Waals surface area (Å²) in [6.07, 6.45) is 0. The summed E-state index contributed by atoms with van der Waals surface area (Å²) in [5.74, 6) is -1.16. The Morgan fingerprint density at radius 3 is 2.25 bits per heavy atom. The molecule has 0 heterocycles. The number of hydrogen-bond acceptors (Lipinski definition) is 2. The summed E-state index contributed by atoms with van der Waals surface area (Å²) in [5, 5.41) is 5.54. The SMILES string of the molecule is Cc1cccc(C(NC(=O)CNC(=O)c2ccc(F)cc2)c2ccccc2)c1. The van der Waals surface area contributed by atoms with Crippen molar-refractivity contribution in [2.75, 3.05) is 6.54 Å². The molecule has 0 saturated carbocycles. The molecule has 0 saturated heterocycles. The van der Waals surface area contributed by atoms with Crippen molar-refractivity contribution < 1.29 is 14.0 Å². The van der Waals surface area contributed by atoms with Crippen molar-refractivity contribution >= 4 is 11.8 Å². The standard InChI is InChI=1S/C23H21FN2O2/c1-16-6-5-9-19(14-16)22(17-7-3-2-4-8-17)26-21(27)15-25-23(28)18-10-12-20(24)13-11-18/h2-14,22H,15H2,1H3,(H,25,28)(H,26,27). The molecule has 28 heavy (non-hydrogen) atoms. The summed E-state index contributed by atoms with van der Waals surface area (Å²) in [5.41, 5.74) is 3.31. The van der Waals surface area contributed by atoms with Gasteiger partial charge in [-0.2, -0.15) is 0 Å². The Balaban J connectivity index is 1.69. The average Bonchev–Trinajstić information content (AvgIpc) is 2.71. The quantitative estimate of drug-likeness (QED) is 0.688. The van der Waals surface area contributed by atoms with Crippen molar-refractivity contribution in [2.45, 2.75) is 13.0 Å². The highest BCUT2D eigenvalue weighted by Crippen LogP contribution is 2.22. The minimum atomic E-state index is -0.429. The van der Waals surface area contributed by atoms with Crippen LogP contribution in [-0.4, -0.2) is 18.4 Å². The number of carbonyl (C=O) groups excluding carboxylic acids is 2. The highest BCUT2D eigenvalue weighted by atomic mass is 19.1. The van der Waals surface area contributed by atoms with Crippen LogP contribution in [0.3, 0.4) is 0 Å². The molecule has 0 fully saturated rings. The minimum absolute atomic E-state index is 0.175. The van der Waals surface area contributed by atoms with E-state index in [0.29, 0.717) is 5.56 Å². The molecule has 0 bridgehead atoms. The van der Waals surface area contributed by atoms with Gasteiger partial charge in [0.1, 0.15) is 5.82 Å². The number of aryl methyl sites for hydroxylation is 1. The van der Waals surface area contributed by atoms with E-state index in [1.807, 2.05) is 61.5 Å². The maximum atomic E-state index is 13.0. The molecule has 0 spiro atoms. The van der Waals surface area contributed by atoms with Crippen molar-refractivity contribution in [3.63, 3.8) is 0 Å². The van der Waals surface area contributed by atoms with E-state index in [1.165, 1.54) is 24.3 Å². The molecule has 1 atom stereocenters. The minimum Gasteiger partial charge on any atom is -0.344 e. The predicted molar refractivity (Wildman–Crippen MR) is 106 cm³/mol. The van der Waals surface area contributed by atoms with E-state index in [2.05, 4.69) is 10.6 Å². The number of rotatable bonds is 6. The molecular weight excluding hydrogens is 355 g/mol. The van der Waals surface area contributed by atoms with Gasteiger partial charge >= 0.3 is 0 Å². The van der Waals surface area contributed by atoms with Gasteiger partial charge in [0.25, 0.3) is 5.91 Å². The van der Waals surface area contributed by atoms with Gasteiger partial charge in [-0.15, -0.1) is 0 Å². The smallest absolute Gasteiger partial charge is 0.251 e. The predicted octanol–water partition coefficient (Wildman–Crippen LogP) is 3.77. The van der Waals surface area contributed by atoms with Gasteiger partial charge in [-0.25, -0.2) is 4.39 Å². The largest absolute Gasteiger partial charge is 0.344 e. The zero-order valence-electron chi connectivity index (χ0n) is 15.5. The summed E-state index contributed by atoms with van der Waals surface area (Å²) in [4.78, 5) is 24.6. The molecule has 3 aromatic carbocycles. The third-order valence-electron chi connectivity index (χ3n) is 4.33. The molecule has 0 aliphatic rings. The first-order valence-electron chi connectivity index (χ1n) is 8.97. The fourth-order valence-electron chi connectivity index (χ4n) is 2.93. The van der Waals surface area contributed by atoms with Crippen LogP contribution < -0.4 is 10.6 Å². The normalized spacial score (nSPS) is 11.5. The van der Waals surface area contributed by atoms with E-state index in [4.69, 9.17) is 0 Å². The van der Waals surface area contributed by atoms with Crippen LogP contribution in [0.2, 0.25) is 0 Å². The van der Waals surface area contributed by atoms with E-state index in [-0.39, 0.29) is 18.5 Å². The maximum Gasteiger partial charge on any atom is 0.251 e. The lowest BCUT2D eigenvalue weighted by atomic mass is 9.97. The van der Waals surface area contributed by atoms with Gasteiger partial charge in [-0.1, -0.05) is 60.2 Å². The Morgan fingerprint density at radius 1 is 0.893 bits per heavy atom. The molecule has 1 unspecified atom stereocenters. The Bertz CT molecular complexity index is 956.